The Hall–Kier alpha value is -2.16. The number of fused-ring (bicyclic) bond motifs is 1. The fourth-order valence-corrected chi connectivity index (χ4v) is 1.82. The standard InChI is InChI=1S/C14H17N3.C2H6/c1-16-9-14(15)11-4-3-10-5-6-13(17-2)8-12(10)7-11;1-2/h3-9,16-17H,15H2,1-2H3;1-2H3/b14-9-;. The molecule has 0 saturated carbocycles. The highest BCUT2D eigenvalue weighted by molar-refractivity contribution is 5.88. The molecule has 0 aromatic heterocycles. The number of hydrogen-bond acceptors (Lipinski definition) is 3. The Labute approximate surface area is 115 Å². The minimum absolute atomic E-state index is 0.740. The lowest BCUT2D eigenvalue weighted by atomic mass is 10.0. The highest BCUT2D eigenvalue weighted by Crippen LogP contribution is 2.22. The van der Waals surface area contributed by atoms with E-state index in [1.807, 2.05) is 34.0 Å². The number of anilines is 1. The number of benzene rings is 2. The quantitative estimate of drug-likeness (QED) is 0.790. The molecule has 0 unspecified atom stereocenters. The third-order valence-corrected chi connectivity index (χ3v) is 2.76. The van der Waals surface area contributed by atoms with E-state index >= 15 is 0 Å². The lowest BCUT2D eigenvalue weighted by molar-refractivity contribution is 1.10. The van der Waals surface area contributed by atoms with E-state index in [0.29, 0.717) is 0 Å². The summed E-state index contributed by atoms with van der Waals surface area (Å²) in [6.07, 6.45) is 1.79. The molecular formula is C16H23N3. The highest BCUT2D eigenvalue weighted by Gasteiger charge is 2.00. The molecule has 0 heterocycles. The average molecular weight is 257 g/mol. The zero-order valence-corrected chi connectivity index (χ0v) is 12.1. The number of nitrogens with two attached hydrogens (primary N) is 1. The zero-order chi connectivity index (χ0) is 14.3. The summed E-state index contributed by atoms with van der Waals surface area (Å²) in [5.41, 5.74) is 8.82. The van der Waals surface area contributed by atoms with Gasteiger partial charge in [0.15, 0.2) is 0 Å². The van der Waals surface area contributed by atoms with Crippen LogP contribution >= 0.6 is 0 Å². The molecule has 3 heteroatoms. The van der Waals surface area contributed by atoms with Gasteiger partial charge in [0.2, 0.25) is 0 Å². The minimum atomic E-state index is 0.740. The Balaban J connectivity index is 0.000000861. The van der Waals surface area contributed by atoms with Crippen molar-refractivity contribution < 1.29 is 0 Å². The first kappa shape index (κ1) is 14.9. The second kappa shape index (κ2) is 7.31. The van der Waals surface area contributed by atoms with Crippen LogP contribution in [0.25, 0.3) is 16.5 Å². The van der Waals surface area contributed by atoms with Crippen LogP contribution in [0.1, 0.15) is 19.4 Å². The smallest absolute Gasteiger partial charge is 0.0547 e. The van der Waals surface area contributed by atoms with Gasteiger partial charge in [0.1, 0.15) is 0 Å². The molecular weight excluding hydrogens is 234 g/mol. The van der Waals surface area contributed by atoms with E-state index in [2.05, 4.69) is 41.0 Å². The Kier molecular flexibility index (Phi) is 5.73. The van der Waals surface area contributed by atoms with E-state index in [-0.39, 0.29) is 0 Å². The Morgan fingerprint density at radius 3 is 2.32 bits per heavy atom. The molecule has 0 amide bonds. The van der Waals surface area contributed by atoms with Crippen LogP contribution < -0.4 is 16.4 Å². The molecule has 0 saturated heterocycles. The first-order valence-electron chi connectivity index (χ1n) is 6.59. The van der Waals surface area contributed by atoms with Crippen LogP contribution in [0.4, 0.5) is 5.69 Å². The van der Waals surface area contributed by atoms with Gasteiger partial charge in [0.25, 0.3) is 0 Å². The normalized spacial score (nSPS) is 10.6. The van der Waals surface area contributed by atoms with Crippen molar-refractivity contribution in [1.29, 1.82) is 0 Å². The monoisotopic (exact) mass is 257 g/mol. The van der Waals surface area contributed by atoms with Crippen molar-refractivity contribution in [1.82, 2.24) is 5.32 Å². The summed E-state index contributed by atoms with van der Waals surface area (Å²) in [5.74, 6) is 0. The molecule has 0 aliphatic heterocycles. The Morgan fingerprint density at radius 1 is 1.00 bits per heavy atom. The van der Waals surface area contributed by atoms with Gasteiger partial charge in [-0.1, -0.05) is 32.0 Å². The van der Waals surface area contributed by atoms with Crippen molar-refractivity contribution in [3.05, 3.63) is 48.2 Å². The molecule has 3 nitrogen and oxygen atoms in total. The maximum atomic E-state index is 5.95. The minimum Gasteiger partial charge on any atom is -0.397 e. The number of hydrogen-bond donors (Lipinski definition) is 3. The van der Waals surface area contributed by atoms with Crippen LogP contribution in [0.3, 0.4) is 0 Å². The summed E-state index contributed by atoms with van der Waals surface area (Å²) in [7, 11) is 3.76. The lowest BCUT2D eigenvalue weighted by Gasteiger charge is -2.06. The Bertz CT molecular complexity index is 559. The molecule has 4 N–H and O–H groups in total. The van der Waals surface area contributed by atoms with Crippen LogP contribution in [0, 0.1) is 0 Å². The fourth-order valence-electron chi connectivity index (χ4n) is 1.82. The van der Waals surface area contributed by atoms with Crippen molar-refractivity contribution in [2.24, 2.45) is 5.73 Å². The molecule has 0 bridgehead atoms. The molecule has 0 fully saturated rings. The van der Waals surface area contributed by atoms with Crippen molar-refractivity contribution in [2.75, 3.05) is 19.4 Å². The molecule has 2 aromatic rings. The summed E-state index contributed by atoms with van der Waals surface area (Å²) in [6, 6.07) is 12.5. The molecule has 19 heavy (non-hydrogen) atoms. The van der Waals surface area contributed by atoms with Gasteiger partial charge < -0.3 is 16.4 Å². The third-order valence-electron chi connectivity index (χ3n) is 2.76. The lowest BCUT2D eigenvalue weighted by Crippen LogP contribution is -2.03. The van der Waals surface area contributed by atoms with Gasteiger partial charge in [-0.3, -0.25) is 0 Å². The van der Waals surface area contributed by atoms with Crippen LogP contribution in [-0.4, -0.2) is 14.1 Å². The molecule has 0 aliphatic rings. The molecule has 102 valence electrons. The van der Waals surface area contributed by atoms with E-state index in [4.69, 9.17) is 5.73 Å². The van der Waals surface area contributed by atoms with Gasteiger partial charge in [0.05, 0.1) is 5.70 Å². The summed E-state index contributed by atoms with van der Waals surface area (Å²) in [4.78, 5) is 0. The van der Waals surface area contributed by atoms with Crippen LogP contribution in [0.5, 0.6) is 0 Å². The SMILES string of the molecule is CC.CN/C=C(\N)c1ccc2ccc(NC)cc2c1. The molecule has 0 atom stereocenters. The van der Waals surface area contributed by atoms with Crippen LogP contribution in [0.15, 0.2) is 42.6 Å². The van der Waals surface area contributed by atoms with Crippen molar-refractivity contribution in [2.45, 2.75) is 13.8 Å². The molecule has 0 aliphatic carbocycles. The van der Waals surface area contributed by atoms with Crippen LogP contribution in [-0.2, 0) is 0 Å². The van der Waals surface area contributed by atoms with Gasteiger partial charge >= 0.3 is 0 Å². The maximum absolute atomic E-state index is 5.95. The summed E-state index contributed by atoms with van der Waals surface area (Å²) < 4.78 is 0. The third kappa shape index (κ3) is 3.65. The van der Waals surface area contributed by atoms with E-state index in [1.165, 1.54) is 10.8 Å². The van der Waals surface area contributed by atoms with Crippen molar-refractivity contribution >= 4 is 22.2 Å². The van der Waals surface area contributed by atoms with Gasteiger partial charge in [-0.25, -0.2) is 0 Å². The first-order valence-corrected chi connectivity index (χ1v) is 6.59. The van der Waals surface area contributed by atoms with E-state index in [1.54, 1.807) is 6.20 Å². The molecule has 0 radical (unpaired) electrons. The van der Waals surface area contributed by atoms with Gasteiger partial charge in [-0.15, -0.1) is 0 Å². The predicted molar refractivity (Wildman–Crippen MR) is 86.1 cm³/mol. The second-order valence-corrected chi connectivity index (χ2v) is 3.92. The van der Waals surface area contributed by atoms with E-state index in [9.17, 15) is 0 Å². The van der Waals surface area contributed by atoms with Gasteiger partial charge in [-0.05, 0) is 34.5 Å². The average Bonchev–Trinajstić information content (AvgIpc) is 2.48. The summed E-state index contributed by atoms with van der Waals surface area (Å²) in [5, 5.41) is 8.47. The highest BCUT2D eigenvalue weighted by atomic mass is 14.8. The van der Waals surface area contributed by atoms with Gasteiger partial charge in [-0.2, -0.15) is 0 Å². The molecule has 0 spiro atoms. The fraction of sp³-hybridized carbons (Fsp3) is 0.250. The van der Waals surface area contributed by atoms with E-state index in [0.717, 1.165) is 16.9 Å². The number of rotatable bonds is 3. The van der Waals surface area contributed by atoms with Crippen molar-refractivity contribution in [3.8, 4) is 0 Å². The molecule has 2 rings (SSSR count). The predicted octanol–water partition coefficient (Wildman–Crippen LogP) is 3.38. The second-order valence-electron chi connectivity index (χ2n) is 3.92. The number of nitrogens with one attached hydrogen (secondary N) is 2. The zero-order valence-electron chi connectivity index (χ0n) is 12.1. The van der Waals surface area contributed by atoms with Crippen LogP contribution in [0.2, 0.25) is 0 Å². The molecule has 2 aromatic carbocycles. The van der Waals surface area contributed by atoms with Gasteiger partial charge in [0, 0.05) is 26.0 Å². The maximum Gasteiger partial charge on any atom is 0.0547 e. The largest absolute Gasteiger partial charge is 0.397 e. The first-order chi connectivity index (χ1) is 9.24. The van der Waals surface area contributed by atoms with Crippen molar-refractivity contribution in [3.63, 3.8) is 0 Å². The Morgan fingerprint density at radius 2 is 1.68 bits per heavy atom. The summed E-state index contributed by atoms with van der Waals surface area (Å²) in [6.45, 7) is 4.00. The van der Waals surface area contributed by atoms with E-state index < -0.39 is 0 Å². The summed E-state index contributed by atoms with van der Waals surface area (Å²) >= 11 is 0. The topological polar surface area (TPSA) is 50.1 Å².